The number of carbonyl (C=O) groups is 4. The molecule has 4 aliphatic rings. The lowest BCUT2D eigenvalue weighted by atomic mass is 9.55. The van der Waals surface area contributed by atoms with Crippen molar-refractivity contribution in [2.75, 3.05) is 13.1 Å². The molecule has 0 aromatic carbocycles. The minimum atomic E-state index is -4.82. The molecule has 4 fully saturated rings. The fourth-order valence-corrected chi connectivity index (χ4v) is 6.81. The molecule has 0 aromatic rings. The van der Waals surface area contributed by atoms with Crippen LogP contribution in [0.2, 0.25) is 0 Å². The Bertz CT molecular complexity index is 1070. The zero-order valence-electron chi connectivity index (χ0n) is 22.9. The molecule has 3 heterocycles. The standard InChI is InChI=1S/C27H38F3N5O4/c1-25(2)10-17-18(25)13-35-20(17)22(37)33-15(11-31)9-16-14(12-32-21(16)36)7-5-6-8-19(23(35)38)34-24(39)26(3,4)27(28,29)30/h14-20H,5-10,12-13H2,1-4H3,(H,32,36)(H,33,37)(H,34,39)/t14-,15-,16-,17-,18-,19-,20-/m0/s1. The summed E-state index contributed by atoms with van der Waals surface area (Å²) in [5, 5.41) is 17.7. The third kappa shape index (κ3) is 5.33. The highest BCUT2D eigenvalue weighted by Gasteiger charge is 2.61. The molecule has 0 spiro atoms. The number of alkyl halides is 3. The maximum Gasteiger partial charge on any atom is 0.402 e. The van der Waals surface area contributed by atoms with Crippen LogP contribution >= 0.6 is 0 Å². The van der Waals surface area contributed by atoms with Crippen LogP contribution in [0.15, 0.2) is 0 Å². The Kier molecular flexibility index (Phi) is 7.69. The van der Waals surface area contributed by atoms with Crippen molar-refractivity contribution in [2.45, 2.75) is 90.5 Å². The van der Waals surface area contributed by atoms with Crippen LogP contribution in [-0.2, 0) is 19.2 Å². The Morgan fingerprint density at radius 2 is 1.79 bits per heavy atom. The average molecular weight is 554 g/mol. The van der Waals surface area contributed by atoms with Crippen LogP contribution < -0.4 is 16.0 Å². The molecule has 0 bridgehead atoms. The number of nitriles is 1. The van der Waals surface area contributed by atoms with Crippen LogP contribution in [0.5, 0.6) is 0 Å². The van der Waals surface area contributed by atoms with Gasteiger partial charge in [-0.15, -0.1) is 0 Å². The maximum atomic E-state index is 13.9. The molecule has 1 aliphatic carbocycles. The molecule has 12 heteroatoms. The highest BCUT2D eigenvalue weighted by atomic mass is 19.4. The van der Waals surface area contributed by atoms with Crippen LogP contribution in [-0.4, -0.2) is 65.9 Å². The van der Waals surface area contributed by atoms with Crippen molar-refractivity contribution in [1.29, 1.82) is 5.26 Å². The summed E-state index contributed by atoms with van der Waals surface area (Å²) in [5.41, 5.74) is -2.85. The maximum absolute atomic E-state index is 13.9. The van der Waals surface area contributed by atoms with Gasteiger partial charge in [0.05, 0.1) is 6.07 Å². The van der Waals surface area contributed by atoms with Gasteiger partial charge in [0.15, 0.2) is 0 Å². The Balaban J connectivity index is 1.65. The van der Waals surface area contributed by atoms with Gasteiger partial charge >= 0.3 is 6.18 Å². The molecule has 4 amide bonds. The third-order valence-corrected chi connectivity index (χ3v) is 9.57. The summed E-state index contributed by atoms with van der Waals surface area (Å²) in [6.07, 6.45) is -2.24. The summed E-state index contributed by atoms with van der Waals surface area (Å²) in [6, 6.07) is -0.979. The molecule has 3 N–H and O–H groups in total. The summed E-state index contributed by atoms with van der Waals surface area (Å²) < 4.78 is 40.8. The summed E-state index contributed by atoms with van der Waals surface area (Å²) >= 11 is 0. The number of fused-ring (bicyclic) bond motifs is 4. The van der Waals surface area contributed by atoms with E-state index in [4.69, 9.17) is 0 Å². The average Bonchev–Trinajstić information content (AvgIpc) is 3.36. The van der Waals surface area contributed by atoms with Crippen molar-refractivity contribution in [3.63, 3.8) is 0 Å². The van der Waals surface area contributed by atoms with E-state index in [0.717, 1.165) is 13.8 Å². The van der Waals surface area contributed by atoms with Gasteiger partial charge in [-0.3, -0.25) is 19.2 Å². The second-order valence-corrected chi connectivity index (χ2v) is 12.9. The molecule has 0 unspecified atom stereocenters. The largest absolute Gasteiger partial charge is 0.402 e. The number of hydrogen-bond acceptors (Lipinski definition) is 5. The highest BCUT2D eigenvalue weighted by Crippen LogP contribution is 2.57. The molecule has 7 atom stereocenters. The monoisotopic (exact) mass is 553 g/mol. The van der Waals surface area contributed by atoms with Crippen molar-refractivity contribution in [2.24, 2.45) is 34.5 Å². The minimum Gasteiger partial charge on any atom is -0.356 e. The van der Waals surface area contributed by atoms with Crippen LogP contribution in [0, 0.1) is 45.8 Å². The van der Waals surface area contributed by atoms with Crippen LogP contribution in [0.3, 0.4) is 0 Å². The second kappa shape index (κ2) is 10.3. The van der Waals surface area contributed by atoms with E-state index in [1.165, 1.54) is 4.90 Å². The van der Waals surface area contributed by atoms with Crippen molar-refractivity contribution in [1.82, 2.24) is 20.9 Å². The fraction of sp³-hybridized carbons (Fsp3) is 0.815. The van der Waals surface area contributed by atoms with E-state index in [0.29, 0.717) is 32.2 Å². The topological polar surface area (TPSA) is 131 Å². The van der Waals surface area contributed by atoms with Gasteiger partial charge in [0.2, 0.25) is 23.6 Å². The van der Waals surface area contributed by atoms with E-state index in [9.17, 15) is 37.6 Å². The highest BCUT2D eigenvalue weighted by molar-refractivity contribution is 5.94. The lowest BCUT2D eigenvalue weighted by Gasteiger charge is -2.48. The van der Waals surface area contributed by atoms with E-state index in [1.54, 1.807) is 0 Å². The molecule has 4 rings (SSSR count). The predicted molar refractivity (Wildman–Crippen MR) is 133 cm³/mol. The number of hydrogen-bond donors (Lipinski definition) is 3. The van der Waals surface area contributed by atoms with Gasteiger partial charge in [0, 0.05) is 19.0 Å². The van der Waals surface area contributed by atoms with E-state index in [1.807, 2.05) is 13.8 Å². The molecule has 3 saturated heterocycles. The van der Waals surface area contributed by atoms with E-state index >= 15 is 0 Å². The normalized spacial score (nSPS) is 35.3. The lowest BCUT2D eigenvalue weighted by molar-refractivity contribution is -0.212. The quantitative estimate of drug-likeness (QED) is 0.483. The van der Waals surface area contributed by atoms with Crippen LogP contribution in [0.1, 0.15) is 66.2 Å². The Hall–Kier alpha value is -2.84. The van der Waals surface area contributed by atoms with Gasteiger partial charge in [0.1, 0.15) is 23.5 Å². The molecular weight excluding hydrogens is 515 g/mol. The number of halogens is 3. The van der Waals surface area contributed by atoms with Crippen LogP contribution in [0.4, 0.5) is 13.2 Å². The first kappa shape index (κ1) is 29.2. The number of rotatable bonds is 2. The van der Waals surface area contributed by atoms with Crippen molar-refractivity contribution >= 4 is 23.6 Å². The van der Waals surface area contributed by atoms with Crippen molar-refractivity contribution < 1.29 is 32.3 Å². The van der Waals surface area contributed by atoms with Crippen molar-refractivity contribution in [3.05, 3.63) is 0 Å². The first-order chi connectivity index (χ1) is 18.1. The molecular formula is C27H38F3N5O4. The van der Waals surface area contributed by atoms with Gasteiger partial charge < -0.3 is 20.9 Å². The van der Waals surface area contributed by atoms with Gasteiger partial charge in [-0.25, -0.2) is 0 Å². The molecule has 0 radical (unpaired) electrons. The van der Waals surface area contributed by atoms with E-state index < -0.39 is 53.4 Å². The zero-order valence-corrected chi connectivity index (χ0v) is 22.9. The van der Waals surface area contributed by atoms with Crippen LogP contribution in [0.25, 0.3) is 0 Å². The molecule has 1 saturated carbocycles. The van der Waals surface area contributed by atoms with Gasteiger partial charge in [0.25, 0.3) is 0 Å². The molecule has 216 valence electrons. The van der Waals surface area contributed by atoms with Gasteiger partial charge in [-0.05, 0) is 62.7 Å². The summed E-state index contributed by atoms with van der Waals surface area (Å²) in [7, 11) is 0. The molecule has 0 aromatic heterocycles. The minimum absolute atomic E-state index is 0.00128. The van der Waals surface area contributed by atoms with Gasteiger partial charge in [-0.2, -0.15) is 18.4 Å². The summed E-state index contributed by atoms with van der Waals surface area (Å²) in [4.78, 5) is 54.2. The lowest BCUT2D eigenvalue weighted by Crippen LogP contribution is -2.58. The molecule has 3 aliphatic heterocycles. The smallest absolute Gasteiger partial charge is 0.356 e. The zero-order chi connectivity index (χ0) is 28.9. The first-order valence-electron chi connectivity index (χ1n) is 13.7. The number of nitrogens with one attached hydrogen (secondary N) is 3. The number of nitrogens with zero attached hydrogens (tertiary/aromatic N) is 2. The van der Waals surface area contributed by atoms with Crippen molar-refractivity contribution in [3.8, 4) is 6.07 Å². The first-order valence-corrected chi connectivity index (χ1v) is 13.7. The Morgan fingerprint density at radius 1 is 1.13 bits per heavy atom. The molecule has 9 nitrogen and oxygen atoms in total. The molecule has 39 heavy (non-hydrogen) atoms. The second-order valence-electron chi connectivity index (χ2n) is 12.9. The predicted octanol–water partition coefficient (Wildman–Crippen LogP) is 2.27. The van der Waals surface area contributed by atoms with Gasteiger partial charge in [-0.1, -0.05) is 26.7 Å². The SMILES string of the molecule is CC1(C)C[C@@H]2[C@H]3C(=O)N[C@H](C#N)C[C@@H]4C(=O)NC[C@@H]4CCCC[C@H](NC(=O)C(C)(C)C(F)(F)F)C(=O)N3C[C@@H]21. The Morgan fingerprint density at radius 3 is 2.41 bits per heavy atom. The third-order valence-electron chi connectivity index (χ3n) is 9.57. The van der Waals surface area contributed by atoms with E-state index in [-0.39, 0.29) is 48.5 Å². The summed E-state index contributed by atoms with van der Waals surface area (Å²) in [6.45, 7) is 6.31. The number of carbonyl (C=O) groups excluding carboxylic acids is 4. The van der Waals surface area contributed by atoms with E-state index in [2.05, 4.69) is 22.0 Å². The Labute approximate surface area is 226 Å². The fourth-order valence-electron chi connectivity index (χ4n) is 6.81. The summed E-state index contributed by atoms with van der Waals surface area (Å²) in [5.74, 6) is -3.23. The number of amides is 4.